The summed E-state index contributed by atoms with van der Waals surface area (Å²) in [6.45, 7) is 0. The first-order valence-corrected chi connectivity index (χ1v) is 3.75. The second kappa shape index (κ2) is 3.14. The Labute approximate surface area is 81.1 Å². The Bertz CT molecular complexity index is 465. The Morgan fingerprint density at radius 3 is 2.79 bits per heavy atom. The third-order valence-corrected chi connectivity index (χ3v) is 1.61. The van der Waals surface area contributed by atoms with Crippen molar-refractivity contribution in [3.8, 4) is 0 Å². The zero-order valence-electron chi connectivity index (χ0n) is 6.50. The number of nitrogens with zero attached hydrogens (tertiary/aromatic N) is 6. The van der Waals surface area contributed by atoms with E-state index in [9.17, 15) is 9.18 Å². The lowest BCUT2D eigenvalue weighted by molar-refractivity contribution is 0.233. The quantitative estimate of drug-likeness (QED) is 0.628. The monoisotopic (exact) mass is 216 g/mol. The van der Waals surface area contributed by atoms with Crippen LogP contribution in [0.3, 0.4) is 0 Å². The number of hydrogen-bond acceptors (Lipinski definition) is 5. The summed E-state index contributed by atoms with van der Waals surface area (Å²) in [5.41, 5.74) is 0. The third kappa shape index (κ3) is 1.25. The van der Waals surface area contributed by atoms with Crippen LogP contribution >= 0.6 is 11.6 Å². The second-order valence-electron chi connectivity index (χ2n) is 2.21. The van der Waals surface area contributed by atoms with Crippen molar-refractivity contribution in [2.24, 2.45) is 0 Å². The molecule has 2 heterocycles. The first kappa shape index (κ1) is 8.75. The van der Waals surface area contributed by atoms with Gasteiger partial charge >= 0.3 is 6.03 Å². The second-order valence-corrected chi connectivity index (χ2v) is 2.57. The molecular weight excluding hydrogens is 215 g/mol. The molecule has 7 nitrogen and oxygen atoms in total. The fourth-order valence-electron chi connectivity index (χ4n) is 0.781. The molecule has 2 aromatic heterocycles. The molecule has 0 spiro atoms. The van der Waals surface area contributed by atoms with Crippen LogP contribution in [0, 0.1) is 5.95 Å². The van der Waals surface area contributed by atoms with Crippen molar-refractivity contribution in [2.75, 3.05) is 0 Å². The van der Waals surface area contributed by atoms with Gasteiger partial charge in [0, 0.05) is 0 Å². The topological polar surface area (TPSA) is 78.5 Å². The van der Waals surface area contributed by atoms with Gasteiger partial charge in [0.25, 0.3) is 5.95 Å². The Morgan fingerprint density at radius 2 is 2.29 bits per heavy atom. The number of hydrogen-bond donors (Lipinski definition) is 0. The van der Waals surface area contributed by atoms with E-state index in [0.29, 0.717) is 4.68 Å². The van der Waals surface area contributed by atoms with Gasteiger partial charge < -0.3 is 0 Å². The maximum atomic E-state index is 13.0. The fraction of sp³-hybridized carbons (Fsp3) is 0. The molecular formula is C5H2ClFN6O. The Hall–Kier alpha value is -1.83. The first-order valence-electron chi connectivity index (χ1n) is 3.38. The zero-order chi connectivity index (χ0) is 10.1. The average Bonchev–Trinajstić information content (AvgIpc) is 2.77. The molecule has 72 valence electrons. The number of carbonyl (C=O) groups is 1. The smallest absolute Gasteiger partial charge is 0.243 e. The van der Waals surface area contributed by atoms with E-state index in [1.807, 2.05) is 0 Å². The van der Waals surface area contributed by atoms with Crippen molar-refractivity contribution in [3.05, 3.63) is 23.5 Å². The third-order valence-electron chi connectivity index (χ3n) is 1.38. The van der Waals surface area contributed by atoms with Gasteiger partial charge in [0.15, 0.2) is 0 Å². The van der Waals surface area contributed by atoms with E-state index in [1.165, 1.54) is 12.4 Å². The Morgan fingerprint density at radius 1 is 1.50 bits per heavy atom. The highest BCUT2D eigenvalue weighted by molar-refractivity contribution is 6.29. The predicted octanol–water partition coefficient (Wildman–Crippen LogP) is 0.178. The number of aromatic nitrogens is 6. The van der Waals surface area contributed by atoms with Crippen molar-refractivity contribution in [1.82, 2.24) is 30.0 Å². The zero-order valence-corrected chi connectivity index (χ0v) is 7.26. The lowest BCUT2D eigenvalue weighted by atomic mass is 10.8. The lowest BCUT2D eigenvalue weighted by Crippen LogP contribution is -2.22. The Kier molecular flexibility index (Phi) is 1.97. The molecule has 0 aliphatic carbocycles. The highest BCUT2D eigenvalue weighted by atomic mass is 35.5. The molecule has 0 unspecified atom stereocenters. The van der Waals surface area contributed by atoms with Crippen LogP contribution in [0.15, 0.2) is 12.4 Å². The molecule has 2 aromatic rings. The molecule has 2 rings (SSSR count). The maximum Gasteiger partial charge on any atom is 0.374 e. The van der Waals surface area contributed by atoms with Gasteiger partial charge in [-0.15, -0.1) is 14.9 Å². The van der Waals surface area contributed by atoms with Gasteiger partial charge in [-0.05, 0) is 0 Å². The van der Waals surface area contributed by atoms with E-state index in [4.69, 9.17) is 11.6 Å². The molecule has 0 atom stereocenters. The molecule has 0 amide bonds. The van der Waals surface area contributed by atoms with Gasteiger partial charge in [-0.2, -0.15) is 9.07 Å². The number of carbonyl (C=O) groups excluding carboxylic acids is 1. The van der Waals surface area contributed by atoms with Crippen molar-refractivity contribution in [1.29, 1.82) is 0 Å². The van der Waals surface area contributed by atoms with Gasteiger partial charge in [0.1, 0.15) is 0 Å². The van der Waals surface area contributed by atoms with E-state index in [2.05, 4.69) is 20.6 Å². The van der Waals surface area contributed by atoms with Gasteiger partial charge in [-0.3, -0.25) is 0 Å². The predicted molar refractivity (Wildman–Crippen MR) is 41.2 cm³/mol. The van der Waals surface area contributed by atoms with Crippen LogP contribution in [-0.2, 0) is 0 Å². The van der Waals surface area contributed by atoms with E-state index >= 15 is 0 Å². The highest BCUT2D eigenvalue weighted by Gasteiger charge is 2.18. The van der Waals surface area contributed by atoms with Gasteiger partial charge in [0.2, 0.25) is 5.15 Å². The van der Waals surface area contributed by atoms with Crippen molar-refractivity contribution >= 4 is 17.6 Å². The lowest BCUT2D eigenvalue weighted by Gasteiger charge is -1.96. The van der Waals surface area contributed by atoms with E-state index in [0.717, 1.165) is 4.68 Å². The van der Waals surface area contributed by atoms with Crippen LogP contribution in [0.1, 0.15) is 0 Å². The molecule has 0 saturated carbocycles. The minimum atomic E-state index is -1.04. The molecule has 0 aliphatic rings. The molecule has 9 heteroatoms. The average molecular weight is 217 g/mol. The minimum absolute atomic E-state index is 0.386. The van der Waals surface area contributed by atoms with Crippen molar-refractivity contribution in [2.45, 2.75) is 0 Å². The SMILES string of the molecule is O=C(n1ccnn1)n1nnc(Cl)c1F. The van der Waals surface area contributed by atoms with Crippen LogP contribution in [0.4, 0.5) is 9.18 Å². The number of halogens is 2. The molecule has 0 saturated heterocycles. The summed E-state index contributed by atoms with van der Waals surface area (Å²) in [5.74, 6) is -1.04. The van der Waals surface area contributed by atoms with Gasteiger partial charge in [0.05, 0.1) is 12.4 Å². The van der Waals surface area contributed by atoms with E-state index < -0.39 is 17.1 Å². The van der Waals surface area contributed by atoms with Crippen LogP contribution in [0.5, 0.6) is 0 Å². The molecule has 0 bridgehead atoms. The largest absolute Gasteiger partial charge is 0.374 e. The maximum absolute atomic E-state index is 13.0. The van der Waals surface area contributed by atoms with Crippen LogP contribution in [0.25, 0.3) is 0 Å². The highest BCUT2D eigenvalue weighted by Crippen LogP contribution is 2.08. The van der Waals surface area contributed by atoms with Crippen molar-refractivity contribution in [3.63, 3.8) is 0 Å². The summed E-state index contributed by atoms with van der Waals surface area (Å²) in [4.78, 5) is 11.4. The first-order chi connectivity index (χ1) is 6.70. The molecule has 14 heavy (non-hydrogen) atoms. The summed E-state index contributed by atoms with van der Waals surface area (Å²) < 4.78 is 14.2. The summed E-state index contributed by atoms with van der Waals surface area (Å²) in [5, 5.41) is 12.6. The summed E-state index contributed by atoms with van der Waals surface area (Å²) in [7, 11) is 0. The Balaban J connectivity index is 2.42. The standard InChI is InChI=1S/C5H2ClFN6O/c6-3-4(7)13(11-9-3)5(14)12-2-1-8-10-12/h1-2H. The van der Waals surface area contributed by atoms with Crippen LogP contribution in [0.2, 0.25) is 5.15 Å². The molecule has 0 N–H and O–H groups in total. The van der Waals surface area contributed by atoms with Gasteiger partial charge in [-0.25, -0.2) is 4.79 Å². The van der Waals surface area contributed by atoms with E-state index in [-0.39, 0.29) is 0 Å². The summed E-state index contributed by atoms with van der Waals surface area (Å²) in [6.07, 6.45) is 2.52. The van der Waals surface area contributed by atoms with Crippen LogP contribution in [-0.4, -0.2) is 36.0 Å². The normalized spacial score (nSPS) is 10.4. The number of rotatable bonds is 0. The molecule has 0 aliphatic heterocycles. The van der Waals surface area contributed by atoms with Gasteiger partial charge in [-0.1, -0.05) is 22.0 Å². The molecule has 0 fully saturated rings. The molecule has 0 radical (unpaired) electrons. The summed E-state index contributed by atoms with van der Waals surface area (Å²) in [6, 6.07) is -0.848. The van der Waals surface area contributed by atoms with Crippen LogP contribution < -0.4 is 0 Å². The van der Waals surface area contributed by atoms with Crippen molar-refractivity contribution < 1.29 is 9.18 Å². The fourth-order valence-corrected chi connectivity index (χ4v) is 0.895. The minimum Gasteiger partial charge on any atom is -0.243 e. The summed E-state index contributed by atoms with van der Waals surface area (Å²) >= 11 is 5.27. The van der Waals surface area contributed by atoms with E-state index in [1.54, 1.807) is 0 Å². The molecule has 0 aromatic carbocycles.